The molecule has 0 radical (unpaired) electrons. The van der Waals surface area contributed by atoms with Crippen LogP contribution in [0.5, 0.6) is 0 Å². The van der Waals surface area contributed by atoms with E-state index >= 15 is 0 Å². The van der Waals surface area contributed by atoms with Crippen LogP contribution in [0.1, 0.15) is 11.1 Å². The molecule has 0 aliphatic rings. The first-order valence-corrected chi connectivity index (χ1v) is 8.29. The van der Waals surface area contributed by atoms with Crippen molar-refractivity contribution in [3.05, 3.63) is 66.2 Å². The molecule has 106 valence electrons. The highest BCUT2D eigenvalue weighted by atomic mass is 32.2. The molecule has 0 aliphatic carbocycles. The molecule has 1 heterocycles. The van der Waals surface area contributed by atoms with Crippen molar-refractivity contribution < 1.29 is 4.42 Å². The third-order valence-electron chi connectivity index (χ3n) is 3.45. The van der Waals surface area contributed by atoms with Crippen LogP contribution in [0.4, 0.5) is 0 Å². The summed E-state index contributed by atoms with van der Waals surface area (Å²) >= 11 is 1.81. The van der Waals surface area contributed by atoms with Crippen molar-refractivity contribution in [2.24, 2.45) is 0 Å². The van der Waals surface area contributed by atoms with Crippen molar-refractivity contribution in [3.8, 4) is 11.5 Å². The number of thioether (sulfide) groups is 1. The summed E-state index contributed by atoms with van der Waals surface area (Å²) in [5.41, 5.74) is 5.39. The van der Waals surface area contributed by atoms with Gasteiger partial charge in [-0.15, -0.1) is 6.58 Å². The van der Waals surface area contributed by atoms with Gasteiger partial charge in [-0.2, -0.15) is 11.8 Å². The van der Waals surface area contributed by atoms with E-state index in [1.807, 2.05) is 30.3 Å². The molecule has 21 heavy (non-hydrogen) atoms. The number of fused-ring (bicyclic) bond motifs is 1. The molecule has 2 aromatic carbocycles. The third kappa shape index (κ3) is 2.74. The molecule has 0 amide bonds. The molecule has 0 saturated heterocycles. The van der Waals surface area contributed by atoms with E-state index in [0.717, 1.165) is 28.8 Å². The zero-order valence-electron chi connectivity index (χ0n) is 12.0. The van der Waals surface area contributed by atoms with Gasteiger partial charge in [0.25, 0.3) is 0 Å². The van der Waals surface area contributed by atoms with Crippen LogP contribution in [0.3, 0.4) is 0 Å². The lowest BCUT2D eigenvalue weighted by molar-refractivity contribution is 0.619. The predicted octanol–water partition coefficient (Wildman–Crippen LogP) is 5.09. The number of rotatable bonds is 5. The number of allylic oxidation sites excluding steroid dienone is 1. The smallest absolute Gasteiger partial charge is 0.227 e. The fourth-order valence-corrected chi connectivity index (χ4v) is 3.11. The molecule has 0 bridgehead atoms. The van der Waals surface area contributed by atoms with Crippen molar-refractivity contribution in [3.63, 3.8) is 0 Å². The van der Waals surface area contributed by atoms with Gasteiger partial charge >= 0.3 is 0 Å². The van der Waals surface area contributed by atoms with E-state index in [9.17, 15) is 0 Å². The van der Waals surface area contributed by atoms with E-state index < -0.39 is 0 Å². The molecule has 2 nitrogen and oxygen atoms in total. The summed E-state index contributed by atoms with van der Waals surface area (Å²) in [6.07, 6.45) is 4.92. The summed E-state index contributed by atoms with van der Waals surface area (Å²) < 4.78 is 5.93. The van der Waals surface area contributed by atoms with Crippen LogP contribution >= 0.6 is 11.8 Å². The molecule has 0 unspecified atom stereocenters. The maximum absolute atomic E-state index is 5.93. The van der Waals surface area contributed by atoms with E-state index in [1.54, 1.807) is 11.8 Å². The van der Waals surface area contributed by atoms with Crippen LogP contribution in [0.25, 0.3) is 22.6 Å². The lowest BCUT2D eigenvalue weighted by Gasteiger charge is -2.10. The normalized spacial score (nSPS) is 10.9. The van der Waals surface area contributed by atoms with Crippen molar-refractivity contribution in [2.75, 3.05) is 6.26 Å². The molecule has 1 aromatic heterocycles. The molecule has 3 heteroatoms. The second-order valence-electron chi connectivity index (χ2n) is 4.86. The van der Waals surface area contributed by atoms with Gasteiger partial charge in [-0.05, 0) is 42.0 Å². The van der Waals surface area contributed by atoms with Gasteiger partial charge in [0, 0.05) is 11.3 Å². The highest BCUT2D eigenvalue weighted by Crippen LogP contribution is 2.31. The number of oxazole rings is 1. The second-order valence-corrected chi connectivity index (χ2v) is 5.72. The van der Waals surface area contributed by atoms with E-state index in [-0.39, 0.29) is 0 Å². The first-order valence-electron chi connectivity index (χ1n) is 6.90. The molecular weight excluding hydrogens is 278 g/mol. The average Bonchev–Trinajstić information content (AvgIpc) is 2.93. The second kappa shape index (κ2) is 6.19. The zero-order valence-corrected chi connectivity index (χ0v) is 12.8. The van der Waals surface area contributed by atoms with Gasteiger partial charge in [-0.1, -0.05) is 30.3 Å². The van der Waals surface area contributed by atoms with Crippen molar-refractivity contribution >= 4 is 22.9 Å². The first kappa shape index (κ1) is 14.0. The number of hydrogen-bond acceptors (Lipinski definition) is 3. The van der Waals surface area contributed by atoms with Crippen molar-refractivity contribution in [1.82, 2.24) is 4.98 Å². The van der Waals surface area contributed by atoms with Gasteiger partial charge in [0.05, 0.1) is 0 Å². The fraction of sp³-hybridized carbons (Fsp3) is 0.167. The summed E-state index contributed by atoms with van der Waals surface area (Å²) in [7, 11) is 0. The van der Waals surface area contributed by atoms with Crippen LogP contribution in [0.15, 0.2) is 59.5 Å². The molecule has 0 fully saturated rings. The Balaban J connectivity index is 2.15. The summed E-state index contributed by atoms with van der Waals surface area (Å²) in [4.78, 5) is 4.63. The minimum absolute atomic E-state index is 0.700. The van der Waals surface area contributed by atoms with E-state index in [4.69, 9.17) is 4.42 Å². The average molecular weight is 295 g/mol. The Bertz CT molecular complexity index is 743. The van der Waals surface area contributed by atoms with E-state index in [2.05, 4.69) is 36.0 Å². The molecule has 3 rings (SSSR count). The molecule has 0 spiro atoms. The number of nitrogens with zero attached hydrogens (tertiary/aromatic N) is 1. The molecule has 0 saturated carbocycles. The van der Waals surface area contributed by atoms with Crippen LogP contribution < -0.4 is 0 Å². The summed E-state index contributed by atoms with van der Waals surface area (Å²) in [5, 5.41) is 0. The SMILES string of the molecule is C=CCc1cccc(-c2nc3ccccc3o2)c1CSC. The Hall–Kier alpha value is -2.00. The molecule has 0 atom stereocenters. The predicted molar refractivity (Wildman–Crippen MR) is 90.6 cm³/mol. The molecule has 0 N–H and O–H groups in total. The number of hydrogen-bond donors (Lipinski definition) is 0. The lowest BCUT2D eigenvalue weighted by atomic mass is 10.00. The van der Waals surface area contributed by atoms with E-state index in [0.29, 0.717) is 5.89 Å². The van der Waals surface area contributed by atoms with Gasteiger partial charge < -0.3 is 4.42 Å². The minimum atomic E-state index is 0.700. The molecular formula is C18H17NOS. The highest BCUT2D eigenvalue weighted by Gasteiger charge is 2.14. The fourth-order valence-electron chi connectivity index (χ4n) is 2.48. The quantitative estimate of drug-likeness (QED) is 0.613. The van der Waals surface area contributed by atoms with Crippen LogP contribution in [-0.4, -0.2) is 11.2 Å². The highest BCUT2D eigenvalue weighted by molar-refractivity contribution is 7.97. The van der Waals surface area contributed by atoms with Crippen LogP contribution in [0.2, 0.25) is 0 Å². The van der Waals surface area contributed by atoms with Crippen LogP contribution in [-0.2, 0) is 12.2 Å². The Labute approximate surface area is 128 Å². The van der Waals surface area contributed by atoms with Gasteiger partial charge in [0.2, 0.25) is 5.89 Å². The molecule has 0 aliphatic heterocycles. The van der Waals surface area contributed by atoms with Gasteiger partial charge in [0.15, 0.2) is 5.58 Å². The largest absolute Gasteiger partial charge is 0.436 e. The Morgan fingerprint density at radius 2 is 2.05 bits per heavy atom. The summed E-state index contributed by atoms with van der Waals surface area (Å²) in [6, 6.07) is 14.2. The van der Waals surface area contributed by atoms with E-state index in [1.165, 1.54) is 11.1 Å². The number of benzene rings is 2. The molecule has 3 aromatic rings. The number of aromatic nitrogens is 1. The van der Waals surface area contributed by atoms with Gasteiger partial charge in [-0.25, -0.2) is 4.98 Å². The Morgan fingerprint density at radius 3 is 2.81 bits per heavy atom. The zero-order chi connectivity index (χ0) is 14.7. The Morgan fingerprint density at radius 1 is 1.19 bits per heavy atom. The topological polar surface area (TPSA) is 26.0 Å². The lowest BCUT2D eigenvalue weighted by Crippen LogP contribution is -1.95. The standard InChI is InChI=1S/C18H17NOS/c1-3-7-13-8-6-9-14(15(13)12-21-2)18-19-16-10-4-5-11-17(16)20-18/h3-6,8-11H,1,7,12H2,2H3. The first-order chi connectivity index (χ1) is 10.3. The van der Waals surface area contributed by atoms with Crippen molar-refractivity contribution in [1.29, 1.82) is 0 Å². The Kier molecular flexibility index (Phi) is 4.11. The summed E-state index contributed by atoms with van der Waals surface area (Å²) in [5.74, 6) is 1.64. The van der Waals surface area contributed by atoms with Crippen LogP contribution in [0, 0.1) is 0 Å². The third-order valence-corrected chi connectivity index (χ3v) is 4.03. The van der Waals surface area contributed by atoms with Gasteiger partial charge in [0.1, 0.15) is 5.52 Å². The maximum atomic E-state index is 5.93. The maximum Gasteiger partial charge on any atom is 0.227 e. The van der Waals surface area contributed by atoms with Gasteiger partial charge in [-0.3, -0.25) is 0 Å². The monoisotopic (exact) mass is 295 g/mol. The van der Waals surface area contributed by atoms with Crippen molar-refractivity contribution in [2.45, 2.75) is 12.2 Å². The minimum Gasteiger partial charge on any atom is -0.436 e. The summed E-state index contributed by atoms with van der Waals surface area (Å²) in [6.45, 7) is 3.85. The number of para-hydroxylation sites is 2.